The maximum absolute atomic E-state index is 11.8. The fraction of sp³-hybridized carbons (Fsp3) is 0.176. The van der Waals surface area contributed by atoms with E-state index in [-0.39, 0.29) is 11.5 Å². The molecule has 0 fully saturated rings. The van der Waals surface area contributed by atoms with Gasteiger partial charge in [0.25, 0.3) is 0 Å². The molecule has 2 amide bonds. The minimum absolute atomic E-state index is 0.0106. The lowest BCUT2D eigenvalue weighted by Crippen LogP contribution is -2.25. The van der Waals surface area contributed by atoms with Crippen LogP contribution in [-0.2, 0) is 0 Å². The van der Waals surface area contributed by atoms with Crippen LogP contribution in [-0.4, -0.2) is 22.0 Å². The highest BCUT2D eigenvalue weighted by atomic mass is 16.3. The van der Waals surface area contributed by atoms with Crippen molar-refractivity contribution in [1.82, 2.24) is 5.43 Å². The van der Waals surface area contributed by atoms with Crippen LogP contribution in [0.5, 0.6) is 11.5 Å². The fourth-order valence-electron chi connectivity index (χ4n) is 2.05. The van der Waals surface area contributed by atoms with Crippen molar-refractivity contribution in [2.75, 3.05) is 5.32 Å². The third-order valence-electron chi connectivity index (χ3n) is 3.37. The normalized spacial score (nSPS) is 11.1. The summed E-state index contributed by atoms with van der Waals surface area (Å²) in [5.41, 5.74) is 4.42. The zero-order valence-corrected chi connectivity index (χ0v) is 13.0. The van der Waals surface area contributed by atoms with Gasteiger partial charge in [-0.2, -0.15) is 5.10 Å². The topological polar surface area (TPSA) is 94.0 Å². The molecule has 0 aromatic heterocycles. The van der Waals surface area contributed by atoms with Crippen LogP contribution >= 0.6 is 0 Å². The first-order valence-electron chi connectivity index (χ1n) is 7.23. The van der Waals surface area contributed by atoms with Crippen LogP contribution in [0.15, 0.2) is 47.6 Å². The second-order valence-corrected chi connectivity index (χ2v) is 4.95. The summed E-state index contributed by atoms with van der Waals surface area (Å²) in [6.07, 6.45) is 0.503. The van der Waals surface area contributed by atoms with Gasteiger partial charge in [0.15, 0.2) is 0 Å². The molecule has 2 aromatic carbocycles. The van der Waals surface area contributed by atoms with Crippen molar-refractivity contribution >= 4 is 17.4 Å². The number of carbonyl (C=O) groups is 1. The fourth-order valence-corrected chi connectivity index (χ4v) is 2.05. The quantitative estimate of drug-likeness (QED) is 0.515. The average molecular weight is 313 g/mol. The Hall–Kier alpha value is -3.02. The van der Waals surface area contributed by atoms with Crippen molar-refractivity contribution in [2.45, 2.75) is 20.3 Å². The van der Waals surface area contributed by atoms with Crippen LogP contribution in [0.25, 0.3) is 0 Å². The number of hydrazone groups is 1. The van der Waals surface area contributed by atoms with E-state index in [1.807, 2.05) is 25.1 Å². The molecular formula is C17H19N3O3. The van der Waals surface area contributed by atoms with Gasteiger partial charge in [-0.1, -0.05) is 25.1 Å². The predicted molar refractivity (Wildman–Crippen MR) is 89.9 cm³/mol. The molecule has 6 heteroatoms. The second kappa shape index (κ2) is 7.31. The molecule has 6 nitrogen and oxygen atoms in total. The molecule has 0 bridgehead atoms. The molecule has 0 spiro atoms. The molecule has 2 rings (SSSR count). The van der Waals surface area contributed by atoms with Crippen LogP contribution in [0, 0.1) is 6.92 Å². The number of hydrogen-bond acceptors (Lipinski definition) is 4. The standard InChI is InChI=1S/C17H19N3O3/c1-3-14(13-9-10-15(21)11(2)16(13)22)19-20-17(23)18-12-7-5-4-6-8-12/h4-10,21-22H,3H2,1-2H3,(H2,18,20,23)/b19-14+. The largest absolute Gasteiger partial charge is 0.508 e. The van der Waals surface area contributed by atoms with Crippen molar-refractivity contribution in [1.29, 1.82) is 0 Å². The molecule has 0 saturated carbocycles. The van der Waals surface area contributed by atoms with Crippen LogP contribution < -0.4 is 10.7 Å². The average Bonchev–Trinajstić information content (AvgIpc) is 2.56. The van der Waals surface area contributed by atoms with Crippen LogP contribution in [0.1, 0.15) is 24.5 Å². The molecule has 0 saturated heterocycles. The van der Waals surface area contributed by atoms with Gasteiger partial charge in [-0.05, 0) is 37.6 Å². The monoisotopic (exact) mass is 313 g/mol. The van der Waals surface area contributed by atoms with Gasteiger partial charge < -0.3 is 15.5 Å². The van der Waals surface area contributed by atoms with E-state index in [0.29, 0.717) is 28.9 Å². The van der Waals surface area contributed by atoms with Gasteiger partial charge in [0.1, 0.15) is 11.5 Å². The lowest BCUT2D eigenvalue weighted by Gasteiger charge is -2.11. The summed E-state index contributed by atoms with van der Waals surface area (Å²) >= 11 is 0. The van der Waals surface area contributed by atoms with Gasteiger partial charge in [-0.3, -0.25) is 0 Å². The molecule has 0 atom stereocenters. The summed E-state index contributed by atoms with van der Waals surface area (Å²) < 4.78 is 0. The number of phenols is 2. The Morgan fingerprint density at radius 2 is 1.83 bits per heavy atom. The molecule has 2 aromatic rings. The van der Waals surface area contributed by atoms with E-state index in [9.17, 15) is 15.0 Å². The summed E-state index contributed by atoms with van der Waals surface area (Å²) in [7, 11) is 0. The lowest BCUT2D eigenvalue weighted by molar-refractivity contribution is 0.252. The number of anilines is 1. The number of amides is 2. The van der Waals surface area contributed by atoms with Gasteiger partial charge >= 0.3 is 6.03 Å². The maximum atomic E-state index is 11.8. The van der Waals surface area contributed by atoms with Crippen molar-refractivity contribution in [3.05, 3.63) is 53.6 Å². The Labute approximate surface area is 134 Å². The Morgan fingerprint density at radius 1 is 1.13 bits per heavy atom. The van der Waals surface area contributed by atoms with E-state index < -0.39 is 6.03 Å². The smallest absolute Gasteiger partial charge is 0.339 e. The maximum Gasteiger partial charge on any atom is 0.339 e. The van der Waals surface area contributed by atoms with Gasteiger partial charge in [-0.15, -0.1) is 0 Å². The molecule has 0 heterocycles. The van der Waals surface area contributed by atoms with Crippen LogP contribution in [0.4, 0.5) is 10.5 Å². The molecule has 4 N–H and O–H groups in total. The summed E-state index contributed by atoms with van der Waals surface area (Å²) in [5, 5.41) is 26.4. The first-order valence-corrected chi connectivity index (χ1v) is 7.23. The number of phenolic OH excluding ortho intramolecular Hbond substituents is 2. The molecule has 0 aliphatic carbocycles. The first-order chi connectivity index (χ1) is 11.0. The number of urea groups is 1. The highest BCUT2D eigenvalue weighted by molar-refractivity contribution is 6.04. The molecular weight excluding hydrogens is 294 g/mol. The number of rotatable bonds is 4. The Balaban J connectivity index is 2.13. The van der Waals surface area contributed by atoms with Crippen molar-refractivity contribution in [2.24, 2.45) is 5.10 Å². The zero-order chi connectivity index (χ0) is 16.8. The van der Waals surface area contributed by atoms with Gasteiger partial charge in [-0.25, -0.2) is 10.2 Å². The molecule has 0 unspecified atom stereocenters. The van der Waals surface area contributed by atoms with Crippen molar-refractivity contribution in [3.63, 3.8) is 0 Å². The highest BCUT2D eigenvalue weighted by Crippen LogP contribution is 2.30. The summed E-state index contributed by atoms with van der Waals surface area (Å²) in [6, 6.07) is 11.6. The van der Waals surface area contributed by atoms with E-state index in [1.165, 1.54) is 6.07 Å². The van der Waals surface area contributed by atoms with E-state index in [1.54, 1.807) is 25.1 Å². The number of para-hydroxylation sites is 1. The van der Waals surface area contributed by atoms with Crippen molar-refractivity contribution in [3.8, 4) is 11.5 Å². The van der Waals surface area contributed by atoms with Crippen molar-refractivity contribution < 1.29 is 15.0 Å². The van der Waals surface area contributed by atoms with Gasteiger partial charge in [0.05, 0.1) is 5.71 Å². The first kappa shape index (κ1) is 16.4. The van der Waals surface area contributed by atoms with Crippen LogP contribution in [0.3, 0.4) is 0 Å². The van der Waals surface area contributed by atoms with Crippen LogP contribution in [0.2, 0.25) is 0 Å². The number of nitrogens with zero attached hydrogens (tertiary/aromatic N) is 1. The number of aromatic hydroxyl groups is 2. The Bertz CT molecular complexity index is 727. The minimum atomic E-state index is -0.475. The minimum Gasteiger partial charge on any atom is -0.508 e. The van der Waals surface area contributed by atoms with E-state index in [0.717, 1.165) is 0 Å². The third-order valence-corrected chi connectivity index (χ3v) is 3.37. The lowest BCUT2D eigenvalue weighted by atomic mass is 10.0. The number of benzene rings is 2. The molecule has 120 valence electrons. The molecule has 0 aliphatic heterocycles. The van der Waals surface area contributed by atoms with E-state index in [4.69, 9.17) is 0 Å². The molecule has 0 aliphatic rings. The number of nitrogens with one attached hydrogen (secondary N) is 2. The van der Waals surface area contributed by atoms with Gasteiger partial charge in [0.2, 0.25) is 0 Å². The number of carbonyl (C=O) groups excluding carboxylic acids is 1. The molecule has 23 heavy (non-hydrogen) atoms. The zero-order valence-electron chi connectivity index (χ0n) is 13.0. The second-order valence-electron chi connectivity index (χ2n) is 4.95. The summed E-state index contributed by atoms with van der Waals surface area (Å²) in [5.74, 6) is -0.0349. The number of hydrogen-bond donors (Lipinski definition) is 4. The highest BCUT2D eigenvalue weighted by Gasteiger charge is 2.13. The SMILES string of the molecule is CC/C(=N\NC(=O)Nc1ccccc1)c1ccc(O)c(C)c1O. The Morgan fingerprint density at radius 3 is 2.48 bits per heavy atom. The van der Waals surface area contributed by atoms with E-state index in [2.05, 4.69) is 15.8 Å². The molecule has 0 radical (unpaired) electrons. The Kier molecular flexibility index (Phi) is 5.19. The summed E-state index contributed by atoms with van der Waals surface area (Å²) in [6.45, 7) is 3.47. The summed E-state index contributed by atoms with van der Waals surface area (Å²) in [4.78, 5) is 11.8. The van der Waals surface area contributed by atoms with E-state index >= 15 is 0 Å². The third kappa shape index (κ3) is 4.00. The predicted octanol–water partition coefficient (Wildman–Crippen LogP) is 3.34. The van der Waals surface area contributed by atoms with Gasteiger partial charge in [0, 0.05) is 16.8 Å².